The summed E-state index contributed by atoms with van der Waals surface area (Å²) in [5.41, 5.74) is 1.71. The third kappa shape index (κ3) is 3.68. The standard InChI is InChI=1S/C18H26N2O2/c1-18(2)13-19(11-14-3-4-14)9-10-20(18)12-15-5-7-16(8-6-15)17(21)22/h5-8,14H,3-4,9-13H2,1-2H3,(H,21,22). The number of piperazine rings is 1. The minimum atomic E-state index is -0.861. The number of benzene rings is 1. The van der Waals surface area contributed by atoms with Crippen molar-refractivity contribution in [3.63, 3.8) is 0 Å². The Morgan fingerprint density at radius 3 is 2.45 bits per heavy atom. The molecular formula is C18H26N2O2. The van der Waals surface area contributed by atoms with Crippen molar-refractivity contribution in [2.45, 2.75) is 38.8 Å². The molecule has 1 heterocycles. The predicted octanol–water partition coefficient (Wildman–Crippen LogP) is 2.69. The number of hydrogen-bond acceptors (Lipinski definition) is 3. The molecule has 0 atom stereocenters. The highest BCUT2D eigenvalue weighted by Crippen LogP contribution is 2.32. The summed E-state index contributed by atoms with van der Waals surface area (Å²) in [4.78, 5) is 16.1. The van der Waals surface area contributed by atoms with E-state index in [1.165, 1.54) is 24.9 Å². The van der Waals surface area contributed by atoms with Gasteiger partial charge in [-0.05, 0) is 50.3 Å². The summed E-state index contributed by atoms with van der Waals surface area (Å²) in [6.45, 7) is 10.1. The van der Waals surface area contributed by atoms with E-state index < -0.39 is 5.97 Å². The lowest BCUT2D eigenvalue weighted by molar-refractivity contribution is 0.0120. The zero-order valence-corrected chi connectivity index (χ0v) is 13.6. The molecule has 120 valence electrons. The van der Waals surface area contributed by atoms with Crippen molar-refractivity contribution in [1.29, 1.82) is 0 Å². The Bertz CT molecular complexity index is 535. The third-order valence-electron chi connectivity index (χ3n) is 4.94. The number of nitrogens with zero attached hydrogens (tertiary/aromatic N) is 2. The molecule has 0 radical (unpaired) electrons. The van der Waals surface area contributed by atoms with Crippen LogP contribution in [0.3, 0.4) is 0 Å². The molecule has 4 nitrogen and oxygen atoms in total. The van der Waals surface area contributed by atoms with E-state index in [2.05, 4.69) is 23.6 Å². The maximum atomic E-state index is 10.9. The molecule has 0 bridgehead atoms. The Hall–Kier alpha value is -1.39. The van der Waals surface area contributed by atoms with E-state index in [0.717, 1.165) is 32.1 Å². The number of aromatic carboxylic acids is 1. The van der Waals surface area contributed by atoms with E-state index in [1.807, 2.05) is 12.1 Å². The van der Waals surface area contributed by atoms with Gasteiger partial charge in [0, 0.05) is 38.3 Å². The highest BCUT2D eigenvalue weighted by atomic mass is 16.4. The van der Waals surface area contributed by atoms with Gasteiger partial charge in [-0.2, -0.15) is 0 Å². The van der Waals surface area contributed by atoms with Gasteiger partial charge in [0.25, 0.3) is 0 Å². The lowest BCUT2D eigenvalue weighted by Gasteiger charge is -2.47. The minimum absolute atomic E-state index is 0.165. The molecule has 1 aliphatic carbocycles. The van der Waals surface area contributed by atoms with Crippen molar-refractivity contribution >= 4 is 5.97 Å². The zero-order valence-electron chi connectivity index (χ0n) is 13.6. The highest BCUT2D eigenvalue weighted by Gasteiger charge is 2.35. The lowest BCUT2D eigenvalue weighted by Crippen LogP contribution is -2.58. The minimum Gasteiger partial charge on any atom is -0.478 e. The van der Waals surface area contributed by atoms with Crippen LogP contribution >= 0.6 is 0 Å². The molecule has 1 aliphatic heterocycles. The molecule has 3 rings (SSSR count). The molecule has 0 amide bonds. The average Bonchev–Trinajstić information content (AvgIpc) is 3.26. The molecule has 0 unspecified atom stereocenters. The van der Waals surface area contributed by atoms with Gasteiger partial charge in [0.15, 0.2) is 0 Å². The Morgan fingerprint density at radius 2 is 1.91 bits per heavy atom. The van der Waals surface area contributed by atoms with Gasteiger partial charge < -0.3 is 5.11 Å². The lowest BCUT2D eigenvalue weighted by atomic mass is 9.97. The first-order valence-corrected chi connectivity index (χ1v) is 8.24. The van der Waals surface area contributed by atoms with Crippen molar-refractivity contribution in [2.75, 3.05) is 26.2 Å². The SMILES string of the molecule is CC1(C)CN(CC2CC2)CCN1Cc1ccc(C(=O)O)cc1. The topological polar surface area (TPSA) is 43.8 Å². The van der Waals surface area contributed by atoms with E-state index in [9.17, 15) is 4.79 Å². The average molecular weight is 302 g/mol. The second-order valence-electron chi connectivity index (χ2n) is 7.41. The Labute approximate surface area is 132 Å². The second kappa shape index (κ2) is 6.01. The summed E-state index contributed by atoms with van der Waals surface area (Å²) >= 11 is 0. The third-order valence-corrected chi connectivity index (χ3v) is 4.94. The molecule has 1 saturated carbocycles. The molecule has 2 fully saturated rings. The maximum Gasteiger partial charge on any atom is 0.335 e. The van der Waals surface area contributed by atoms with E-state index in [0.29, 0.717) is 5.56 Å². The van der Waals surface area contributed by atoms with Crippen LogP contribution in [0.2, 0.25) is 0 Å². The van der Waals surface area contributed by atoms with Crippen LogP contribution in [0.15, 0.2) is 24.3 Å². The number of carboxylic acids is 1. The van der Waals surface area contributed by atoms with Crippen molar-refractivity contribution < 1.29 is 9.90 Å². The molecule has 0 spiro atoms. The molecule has 22 heavy (non-hydrogen) atoms. The van der Waals surface area contributed by atoms with Crippen LogP contribution in [0, 0.1) is 5.92 Å². The van der Waals surface area contributed by atoms with Gasteiger partial charge in [-0.3, -0.25) is 9.80 Å². The van der Waals surface area contributed by atoms with Crippen LogP contribution in [0.4, 0.5) is 0 Å². The first kappa shape index (κ1) is 15.5. The highest BCUT2D eigenvalue weighted by molar-refractivity contribution is 5.87. The van der Waals surface area contributed by atoms with E-state index in [1.54, 1.807) is 12.1 Å². The van der Waals surface area contributed by atoms with Crippen LogP contribution in [0.5, 0.6) is 0 Å². The molecule has 1 N–H and O–H groups in total. The van der Waals surface area contributed by atoms with Crippen molar-refractivity contribution in [3.05, 3.63) is 35.4 Å². The predicted molar refractivity (Wildman–Crippen MR) is 87.1 cm³/mol. The molecule has 0 aromatic heterocycles. The normalized spacial score (nSPS) is 22.6. The van der Waals surface area contributed by atoms with Gasteiger partial charge in [-0.1, -0.05) is 12.1 Å². The van der Waals surface area contributed by atoms with Gasteiger partial charge in [-0.15, -0.1) is 0 Å². The van der Waals surface area contributed by atoms with Crippen molar-refractivity contribution in [2.24, 2.45) is 5.92 Å². The summed E-state index contributed by atoms with van der Waals surface area (Å²) in [5.74, 6) is 0.0893. The number of carboxylic acid groups (broad SMARTS) is 1. The fourth-order valence-corrected chi connectivity index (χ4v) is 3.38. The second-order valence-corrected chi connectivity index (χ2v) is 7.41. The van der Waals surface area contributed by atoms with Gasteiger partial charge in [0.05, 0.1) is 5.56 Å². The summed E-state index contributed by atoms with van der Waals surface area (Å²) in [6.07, 6.45) is 2.83. The van der Waals surface area contributed by atoms with Crippen LogP contribution in [0.25, 0.3) is 0 Å². The molecule has 1 aromatic rings. The Morgan fingerprint density at radius 1 is 1.23 bits per heavy atom. The maximum absolute atomic E-state index is 10.9. The zero-order chi connectivity index (χ0) is 15.7. The monoisotopic (exact) mass is 302 g/mol. The first-order valence-electron chi connectivity index (χ1n) is 8.24. The summed E-state index contributed by atoms with van der Waals surface area (Å²) < 4.78 is 0. The van der Waals surface area contributed by atoms with Gasteiger partial charge >= 0.3 is 5.97 Å². The largest absolute Gasteiger partial charge is 0.478 e. The number of hydrogen-bond donors (Lipinski definition) is 1. The van der Waals surface area contributed by atoms with Gasteiger partial charge in [-0.25, -0.2) is 4.79 Å². The van der Waals surface area contributed by atoms with E-state index >= 15 is 0 Å². The molecular weight excluding hydrogens is 276 g/mol. The van der Waals surface area contributed by atoms with Crippen LogP contribution in [0.1, 0.15) is 42.6 Å². The quantitative estimate of drug-likeness (QED) is 0.908. The molecule has 1 aromatic carbocycles. The summed E-state index contributed by atoms with van der Waals surface area (Å²) in [7, 11) is 0. The summed E-state index contributed by atoms with van der Waals surface area (Å²) in [5, 5.41) is 8.97. The molecule has 2 aliphatic rings. The van der Waals surface area contributed by atoms with Crippen LogP contribution in [-0.2, 0) is 6.54 Å². The van der Waals surface area contributed by atoms with E-state index in [-0.39, 0.29) is 5.54 Å². The Balaban J connectivity index is 1.60. The van der Waals surface area contributed by atoms with Crippen molar-refractivity contribution in [3.8, 4) is 0 Å². The fourth-order valence-electron chi connectivity index (χ4n) is 3.38. The van der Waals surface area contributed by atoms with Gasteiger partial charge in [0.1, 0.15) is 0 Å². The number of rotatable bonds is 5. The van der Waals surface area contributed by atoms with Crippen molar-refractivity contribution in [1.82, 2.24) is 9.80 Å². The fraction of sp³-hybridized carbons (Fsp3) is 0.611. The summed E-state index contributed by atoms with van der Waals surface area (Å²) in [6, 6.07) is 7.29. The molecule has 4 heteroatoms. The van der Waals surface area contributed by atoms with E-state index in [4.69, 9.17) is 5.11 Å². The Kier molecular flexibility index (Phi) is 4.24. The van der Waals surface area contributed by atoms with Gasteiger partial charge in [0.2, 0.25) is 0 Å². The van der Waals surface area contributed by atoms with Crippen LogP contribution < -0.4 is 0 Å². The first-order chi connectivity index (χ1) is 10.4. The molecule has 1 saturated heterocycles. The smallest absolute Gasteiger partial charge is 0.335 e. The number of carbonyl (C=O) groups is 1. The van der Waals surface area contributed by atoms with Crippen LogP contribution in [-0.4, -0.2) is 52.6 Å².